The second kappa shape index (κ2) is 6.69. The minimum absolute atomic E-state index is 0.0471. The minimum Gasteiger partial charge on any atom is -0.497 e. The van der Waals surface area contributed by atoms with E-state index < -0.39 is 35.0 Å². The van der Waals surface area contributed by atoms with E-state index in [1.54, 1.807) is 0 Å². The van der Waals surface area contributed by atoms with E-state index in [-0.39, 0.29) is 32.1 Å². The topological polar surface area (TPSA) is 76.1 Å². The number of nitrogens with zero attached hydrogens (tertiary/aromatic N) is 1. The number of hydrogen-bond donors (Lipinski definition) is 1. The first kappa shape index (κ1) is 16.2. The van der Waals surface area contributed by atoms with E-state index in [0.717, 1.165) is 17.0 Å². The molecule has 22 heavy (non-hydrogen) atoms. The van der Waals surface area contributed by atoms with E-state index in [1.165, 1.54) is 7.11 Å². The lowest BCUT2D eigenvalue weighted by atomic mass is 10.1. The third kappa shape index (κ3) is 3.33. The molecule has 1 aromatic carbocycles. The SMILES string of the molecule is COc1cc(F)c(C(=O)N2CCOCC(C(=O)O)C2)c(F)c1. The van der Waals surface area contributed by atoms with E-state index in [0.29, 0.717) is 0 Å². The molecule has 8 heteroatoms. The average molecular weight is 315 g/mol. The summed E-state index contributed by atoms with van der Waals surface area (Å²) in [5.74, 6) is -5.13. The molecule has 0 bridgehead atoms. The molecule has 1 aromatic rings. The summed E-state index contributed by atoms with van der Waals surface area (Å²) in [5.41, 5.74) is -0.730. The zero-order valence-corrected chi connectivity index (χ0v) is 11.8. The number of halogens is 2. The number of carboxylic acid groups (broad SMARTS) is 1. The number of carbonyl (C=O) groups is 2. The number of methoxy groups -OCH3 is 1. The predicted octanol–water partition coefficient (Wildman–Crippen LogP) is 1.15. The number of aliphatic carboxylic acids is 1. The highest BCUT2D eigenvalue weighted by Crippen LogP contribution is 2.22. The van der Waals surface area contributed by atoms with Gasteiger partial charge in [-0.15, -0.1) is 0 Å². The van der Waals surface area contributed by atoms with Gasteiger partial charge in [0.25, 0.3) is 5.91 Å². The molecular weight excluding hydrogens is 300 g/mol. The van der Waals surface area contributed by atoms with Crippen molar-refractivity contribution < 1.29 is 33.0 Å². The van der Waals surface area contributed by atoms with Crippen molar-refractivity contribution in [1.82, 2.24) is 4.90 Å². The van der Waals surface area contributed by atoms with Crippen LogP contribution in [0.5, 0.6) is 5.75 Å². The predicted molar refractivity (Wildman–Crippen MR) is 70.8 cm³/mol. The largest absolute Gasteiger partial charge is 0.497 e. The van der Waals surface area contributed by atoms with Crippen LogP contribution < -0.4 is 4.74 Å². The Kier molecular flexibility index (Phi) is 4.92. The number of carbonyl (C=O) groups excluding carboxylic acids is 1. The van der Waals surface area contributed by atoms with Crippen molar-refractivity contribution in [2.45, 2.75) is 0 Å². The zero-order valence-electron chi connectivity index (χ0n) is 11.8. The Labute approximate surface area is 125 Å². The normalized spacial score (nSPS) is 18.7. The molecule has 0 saturated carbocycles. The molecule has 1 heterocycles. The lowest BCUT2D eigenvalue weighted by molar-refractivity contribution is -0.143. The second-order valence-electron chi connectivity index (χ2n) is 4.83. The fourth-order valence-electron chi connectivity index (χ4n) is 2.17. The molecule has 6 nitrogen and oxygen atoms in total. The van der Waals surface area contributed by atoms with Crippen molar-refractivity contribution in [3.05, 3.63) is 29.3 Å². The Morgan fingerprint density at radius 3 is 2.55 bits per heavy atom. The van der Waals surface area contributed by atoms with Crippen LogP contribution in [0.2, 0.25) is 0 Å². The molecule has 1 saturated heterocycles. The highest BCUT2D eigenvalue weighted by atomic mass is 19.1. The summed E-state index contributed by atoms with van der Waals surface area (Å²) in [4.78, 5) is 24.4. The standard InChI is InChI=1S/C14H15F2NO5/c1-21-9-4-10(15)12(11(16)5-9)13(18)17-2-3-22-7-8(6-17)14(19)20/h4-5,8H,2-3,6-7H2,1H3,(H,19,20). The Balaban J connectivity index is 2.28. The van der Waals surface area contributed by atoms with E-state index >= 15 is 0 Å². The van der Waals surface area contributed by atoms with Gasteiger partial charge in [0.15, 0.2) is 0 Å². The van der Waals surface area contributed by atoms with Gasteiger partial charge in [0.2, 0.25) is 0 Å². The quantitative estimate of drug-likeness (QED) is 0.905. The molecular formula is C14H15F2NO5. The fourth-order valence-corrected chi connectivity index (χ4v) is 2.17. The first-order chi connectivity index (χ1) is 10.4. The third-order valence-corrected chi connectivity index (χ3v) is 3.37. The van der Waals surface area contributed by atoms with Crippen molar-refractivity contribution in [3.8, 4) is 5.75 Å². The van der Waals surface area contributed by atoms with Gasteiger partial charge in [-0.1, -0.05) is 0 Å². The van der Waals surface area contributed by atoms with Crippen LogP contribution in [-0.2, 0) is 9.53 Å². The maximum absolute atomic E-state index is 13.9. The van der Waals surface area contributed by atoms with Crippen LogP contribution in [0.25, 0.3) is 0 Å². The molecule has 0 aliphatic carbocycles. The summed E-state index contributed by atoms with van der Waals surface area (Å²) in [6.07, 6.45) is 0. The molecule has 0 aromatic heterocycles. The van der Waals surface area contributed by atoms with Gasteiger partial charge in [0.05, 0.1) is 26.2 Å². The van der Waals surface area contributed by atoms with Crippen molar-refractivity contribution in [2.75, 3.05) is 33.4 Å². The molecule has 0 radical (unpaired) electrons. The number of carboxylic acids is 1. The number of ether oxygens (including phenoxy) is 2. The summed E-state index contributed by atoms with van der Waals surface area (Å²) in [6, 6.07) is 1.80. The van der Waals surface area contributed by atoms with Gasteiger partial charge in [0, 0.05) is 25.2 Å². The third-order valence-electron chi connectivity index (χ3n) is 3.37. The first-order valence-electron chi connectivity index (χ1n) is 6.57. The maximum atomic E-state index is 13.9. The number of benzene rings is 1. The van der Waals surface area contributed by atoms with Gasteiger partial charge < -0.3 is 19.5 Å². The average Bonchev–Trinajstić information content (AvgIpc) is 2.72. The summed E-state index contributed by atoms with van der Waals surface area (Å²) >= 11 is 0. The molecule has 1 aliphatic rings. The molecule has 1 aliphatic heterocycles. The van der Waals surface area contributed by atoms with Gasteiger partial charge in [-0.05, 0) is 0 Å². The summed E-state index contributed by atoms with van der Waals surface area (Å²) in [6.45, 7) is -0.0474. The van der Waals surface area contributed by atoms with Crippen LogP contribution >= 0.6 is 0 Å². The van der Waals surface area contributed by atoms with Crippen molar-refractivity contribution in [2.24, 2.45) is 5.92 Å². The zero-order chi connectivity index (χ0) is 16.3. The highest BCUT2D eigenvalue weighted by Gasteiger charge is 2.30. The smallest absolute Gasteiger partial charge is 0.310 e. The van der Waals surface area contributed by atoms with Crippen molar-refractivity contribution in [3.63, 3.8) is 0 Å². The Morgan fingerprint density at radius 2 is 2.00 bits per heavy atom. The first-order valence-corrected chi connectivity index (χ1v) is 6.57. The van der Waals surface area contributed by atoms with Gasteiger partial charge >= 0.3 is 5.97 Å². The number of amides is 1. The van der Waals surface area contributed by atoms with Gasteiger partial charge in [-0.2, -0.15) is 0 Å². The van der Waals surface area contributed by atoms with Crippen molar-refractivity contribution >= 4 is 11.9 Å². The van der Waals surface area contributed by atoms with Crippen LogP contribution in [0.4, 0.5) is 8.78 Å². The van der Waals surface area contributed by atoms with E-state index in [9.17, 15) is 18.4 Å². The Hall–Kier alpha value is -2.22. The number of rotatable bonds is 3. The van der Waals surface area contributed by atoms with Crippen LogP contribution in [0.1, 0.15) is 10.4 Å². The van der Waals surface area contributed by atoms with E-state index in [4.69, 9.17) is 14.6 Å². The molecule has 1 fully saturated rings. The van der Waals surface area contributed by atoms with Crippen LogP contribution in [0, 0.1) is 17.6 Å². The van der Waals surface area contributed by atoms with Crippen molar-refractivity contribution in [1.29, 1.82) is 0 Å². The highest BCUT2D eigenvalue weighted by molar-refractivity contribution is 5.95. The fraction of sp³-hybridized carbons (Fsp3) is 0.429. The summed E-state index contributed by atoms with van der Waals surface area (Å²) in [7, 11) is 1.25. The second-order valence-corrected chi connectivity index (χ2v) is 4.83. The van der Waals surface area contributed by atoms with E-state index in [2.05, 4.69) is 0 Å². The molecule has 0 spiro atoms. The molecule has 1 amide bonds. The Morgan fingerprint density at radius 1 is 1.36 bits per heavy atom. The molecule has 1 N–H and O–H groups in total. The molecule has 1 unspecified atom stereocenters. The molecule has 1 atom stereocenters. The monoisotopic (exact) mass is 315 g/mol. The minimum atomic E-state index is -1.13. The van der Waals surface area contributed by atoms with Gasteiger partial charge in [-0.3, -0.25) is 9.59 Å². The Bertz CT molecular complexity index is 570. The van der Waals surface area contributed by atoms with Crippen LogP contribution in [-0.4, -0.2) is 55.3 Å². The van der Waals surface area contributed by atoms with E-state index in [1.807, 2.05) is 0 Å². The van der Waals surface area contributed by atoms with Crippen LogP contribution in [0.3, 0.4) is 0 Å². The maximum Gasteiger partial charge on any atom is 0.310 e. The number of hydrogen-bond acceptors (Lipinski definition) is 4. The van der Waals surface area contributed by atoms with Gasteiger partial charge in [-0.25, -0.2) is 8.78 Å². The summed E-state index contributed by atoms with van der Waals surface area (Å²) < 4.78 is 37.7. The van der Waals surface area contributed by atoms with Crippen LogP contribution in [0.15, 0.2) is 12.1 Å². The van der Waals surface area contributed by atoms with Gasteiger partial charge in [0.1, 0.15) is 22.9 Å². The summed E-state index contributed by atoms with van der Waals surface area (Å²) in [5, 5.41) is 9.03. The molecule has 120 valence electrons. The lowest BCUT2D eigenvalue weighted by Crippen LogP contribution is -2.38. The molecule has 2 rings (SSSR count). The lowest BCUT2D eigenvalue weighted by Gasteiger charge is -2.22.